The Labute approximate surface area is 113 Å². The molecule has 5 heteroatoms. The van der Waals surface area contributed by atoms with Crippen LogP contribution in [0.3, 0.4) is 0 Å². The summed E-state index contributed by atoms with van der Waals surface area (Å²) >= 11 is 0. The molecular formula is C14H21N3O2. The molecule has 1 aliphatic rings. The van der Waals surface area contributed by atoms with E-state index in [1.165, 1.54) is 12.8 Å². The second-order valence-corrected chi connectivity index (χ2v) is 4.74. The number of aromatic nitrogens is 1. The molecule has 0 aliphatic heterocycles. The third-order valence-electron chi connectivity index (χ3n) is 3.18. The average Bonchev–Trinajstić information content (AvgIpc) is 2.91. The lowest BCUT2D eigenvalue weighted by molar-refractivity contribution is 0.201. The lowest BCUT2D eigenvalue weighted by Crippen LogP contribution is -2.34. The maximum Gasteiger partial charge on any atom is 0.315 e. The molecule has 0 bridgehead atoms. The Morgan fingerprint density at radius 1 is 1.37 bits per heavy atom. The number of nitrogens with one attached hydrogen (secondary N) is 2. The van der Waals surface area contributed by atoms with Crippen LogP contribution in [0, 0.1) is 0 Å². The van der Waals surface area contributed by atoms with Gasteiger partial charge in [0.1, 0.15) is 6.10 Å². The highest BCUT2D eigenvalue weighted by Crippen LogP contribution is 2.22. The molecule has 0 spiro atoms. The summed E-state index contributed by atoms with van der Waals surface area (Å²) in [6, 6.07) is 3.64. The molecule has 2 rings (SSSR count). The summed E-state index contributed by atoms with van der Waals surface area (Å²) in [4.78, 5) is 15.5. The van der Waals surface area contributed by atoms with E-state index in [1.807, 2.05) is 19.1 Å². The van der Waals surface area contributed by atoms with Crippen molar-refractivity contribution in [3.05, 3.63) is 23.9 Å². The number of amides is 2. The Balaban J connectivity index is 1.79. The van der Waals surface area contributed by atoms with Crippen LogP contribution in [0.2, 0.25) is 0 Å². The first kappa shape index (κ1) is 13.6. The summed E-state index contributed by atoms with van der Waals surface area (Å²) in [6.07, 6.45) is 6.83. The van der Waals surface area contributed by atoms with E-state index < -0.39 is 0 Å². The molecule has 0 atom stereocenters. The number of pyridine rings is 1. The molecule has 1 saturated carbocycles. The number of ether oxygens (including phenoxy) is 1. The monoisotopic (exact) mass is 263 g/mol. The molecule has 104 valence electrons. The van der Waals surface area contributed by atoms with Gasteiger partial charge in [0.15, 0.2) is 0 Å². The first-order chi connectivity index (χ1) is 9.28. The number of hydrogen-bond acceptors (Lipinski definition) is 3. The highest BCUT2D eigenvalue weighted by molar-refractivity contribution is 5.73. The maximum atomic E-state index is 11.2. The summed E-state index contributed by atoms with van der Waals surface area (Å²) in [5.41, 5.74) is 0.963. The second kappa shape index (κ2) is 6.97. The topological polar surface area (TPSA) is 63.2 Å². The first-order valence-electron chi connectivity index (χ1n) is 6.91. The molecule has 0 unspecified atom stereocenters. The van der Waals surface area contributed by atoms with Gasteiger partial charge in [-0.1, -0.05) is 6.07 Å². The summed E-state index contributed by atoms with van der Waals surface area (Å²) in [5.74, 6) is 0.675. The van der Waals surface area contributed by atoms with Gasteiger partial charge in [0.2, 0.25) is 5.88 Å². The lowest BCUT2D eigenvalue weighted by atomic mass is 10.3. The fourth-order valence-electron chi connectivity index (χ4n) is 2.17. The minimum atomic E-state index is -0.159. The van der Waals surface area contributed by atoms with Gasteiger partial charge in [-0.25, -0.2) is 9.78 Å². The lowest BCUT2D eigenvalue weighted by Gasteiger charge is -2.12. The van der Waals surface area contributed by atoms with Crippen molar-refractivity contribution in [1.82, 2.24) is 15.6 Å². The van der Waals surface area contributed by atoms with E-state index >= 15 is 0 Å². The highest BCUT2D eigenvalue weighted by atomic mass is 16.5. The standard InChI is InChI=1S/C14H21N3O2/c1-2-15-14(18)17-10-11-7-8-13(16-9-11)19-12-5-3-4-6-12/h7-9,12H,2-6,10H2,1H3,(H2,15,17,18). The van der Waals surface area contributed by atoms with Crippen LogP contribution in [0.15, 0.2) is 18.3 Å². The summed E-state index contributed by atoms with van der Waals surface area (Å²) in [5, 5.41) is 5.44. The maximum absolute atomic E-state index is 11.2. The van der Waals surface area contributed by atoms with Gasteiger partial charge in [0.25, 0.3) is 0 Å². The number of carbonyl (C=O) groups excluding carboxylic acids is 1. The van der Waals surface area contributed by atoms with Crippen LogP contribution in [0.5, 0.6) is 5.88 Å². The van der Waals surface area contributed by atoms with Crippen molar-refractivity contribution in [3.8, 4) is 5.88 Å². The summed E-state index contributed by atoms with van der Waals surface area (Å²) in [7, 11) is 0. The molecule has 2 N–H and O–H groups in total. The van der Waals surface area contributed by atoms with Gasteiger partial charge in [-0.3, -0.25) is 0 Å². The third kappa shape index (κ3) is 4.43. The summed E-state index contributed by atoms with van der Waals surface area (Å²) in [6.45, 7) is 2.98. The van der Waals surface area contributed by atoms with Crippen molar-refractivity contribution in [2.24, 2.45) is 0 Å². The zero-order chi connectivity index (χ0) is 13.5. The molecular weight excluding hydrogens is 242 g/mol. The van der Waals surface area contributed by atoms with Gasteiger partial charge in [-0.05, 0) is 38.2 Å². The zero-order valence-corrected chi connectivity index (χ0v) is 11.3. The van der Waals surface area contributed by atoms with Crippen LogP contribution in [0.4, 0.5) is 4.79 Å². The average molecular weight is 263 g/mol. The fourth-order valence-corrected chi connectivity index (χ4v) is 2.17. The van der Waals surface area contributed by atoms with Gasteiger partial charge in [0, 0.05) is 25.4 Å². The van der Waals surface area contributed by atoms with E-state index in [0.717, 1.165) is 18.4 Å². The minimum absolute atomic E-state index is 0.159. The second-order valence-electron chi connectivity index (χ2n) is 4.74. The Morgan fingerprint density at radius 2 is 2.16 bits per heavy atom. The predicted octanol–water partition coefficient (Wildman–Crippen LogP) is 2.22. The molecule has 1 aliphatic carbocycles. The molecule has 0 saturated heterocycles. The zero-order valence-electron chi connectivity index (χ0n) is 11.3. The van der Waals surface area contributed by atoms with E-state index in [0.29, 0.717) is 25.1 Å². The third-order valence-corrected chi connectivity index (χ3v) is 3.18. The number of carbonyl (C=O) groups is 1. The number of hydrogen-bond donors (Lipinski definition) is 2. The van der Waals surface area contributed by atoms with E-state index in [2.05, 4.69) is 15.6 Å². The van der Waals surface area contributed by atoms with Crippen LogP contribution in [-0.4, -0.2) is 23.7 Å². The number of nitrogens with zero attached hydrogens (tertiary/aromatic N) is 1. The number of urea groups is 1. The molecule has 2 amide bonds. The molecule has 19 heavy (non-hydrogen) atoms. The van der Waals surface area contributed by atoms with Crippen LogP contribution in [-0.2, 0) is 6.54 Å². The van der Waals surface area contributed by atoms with Gasteiger partial charge in [0.05, 0.1) is 0 Å². The quantitative estimate of drug-likeness (QED) is 0.856. The van der Waals surface area contributed by atoms with E-state index in [4.69, 9.17) is 4.74 Å². The Morgan fingerprint density at radius 3 is 2.79 bits per heavy atom. The van der Waals surface area contributed by atoms with Crippen molar-refractivity contribution in [2.45, 2.75) is 45.3 Å². The smallest absolute Gasteiger partial charge is 0.315 e. The Bertz CT molecular complexity index is 400. The predicted molar refractivity (Wildman–Crippen MR) is 73.0 cm³/mol. The van der Waals surface area contributed by atoms with Gasteiger partial charge < -0.3 is 15.4 Å². The van der Waals surface area contributed by atoms with E-state index in [-0.39, 0.29) is 6.03 Å². The molecule has 1 aromatic heterocycles. The molecule has 1 heterocycles. The van der Waals surface area contributed by atoms with Crippen molar-refractivity contribution >= 4 is 6.03 Å². The van der Waals surface area contributed by atoms with Crippen molar-refractivity contribution in [1.29, 1.82) is 0 Å². The van der Waals surface area contributed by atoms with Crippen molar-refractivity contribution in [2.75, 3.05) is 6.54 Å². The SMILES string of the molecule is CCNC(=O)NCc1ccc(OC2CCCC2)nc1. The van der Waals surface area contributed by atoms with Gasteiger partial charge >= 0.3 is 6.03 Å². The minimum Gasteiger partial charge on any atom is -0.474 e. The first-order valence-corrected chi connectivity index (χ1v) is 6.91. The Kier molecular flexibility index (Phi) is 5.01. The highest BCUT2D eigenvalue weighted by Gasteiger charge is 2.16. The van der Waals surface area contributed by atoms with E-state index in [1.54, 1.807) is 6.20 Å². The summed E-state index contributed by atoms with van der Waals surface area (Å²) < 4.78 is 5.78. The number of rotatable bonds is 5. The van der Waals surface area contributed by atoms with Gasteiger partial charge in [-0.2, -0.15) is 0 Å². The van der Waals surface area contributed by atoms with E-state index in [9.17, 15) is 4.79 Å². The van der Waals surface area contributed by atoms with Crippen LogP contribution in [0.25, 0.3) is 0 Å². The molecule has 1 fully saturated rings. The van der Waals surface area contributed by atoms with Gasteiger partial charge in [-0.15, -0.1) is 0 Å². The fraction of sp³-hybridized carbons (Fsp3) is 0.571. The molecule has 0 aromatic carbocycles. The van der Waals surface area contributed by atoms with Crippen LogP contribution >= 0.6 is 0 Å². The molecule has 0 radical (unpaired) electrons. The van der Waals surface area contributed by atoms with Crippen LogP contribution in [0.1, 0.15) is 38.2 Å². The van der Waals surface area contributed by atoms with Crippen molar-refractivity contribution < 1.29 is 9.53 Å². The largest absolute Gasteiger partial charge is 0.474 e. The Hall–Kier alpha value is -1.78. The molecule has 1 aromatic rings. The molecule has 5 nitrogen and oxygen atoms in total. The van der Waals surface area contributed by atoms with Crippen LogP contribution < -0.4 is 15.4 Å². The van der Waals surface area contributed by atoms with Crippen molar-refractivity contribution in [3.63, 3.8) is 0 Å². The normalized spacial score (nSPS) is 15.2.